The topological polar surface area (TPSA) is 111 Å². The second kappa shape index (κ2) is 11.1. The average Bonchev–Trinajstić information content (AvgIpc) is 3.46. The van der Waals surface area contributed by atoms with E-state index in [1.54, 1.807) is 19.2 Å². The molecule has 3 atom stereocenters. The third kappa shape index (κ3) is 5.81. The lowest BCUT2D eigenvalue weighted by atomic mass is 9.97. The number of aliphatic hydroxyl groups is 1. The maximum Gasteiger partial charge on any atom is 0.289 e. The summed E-state index contributed by atoms with van der Waals surface area (Å²) >= 11 is 1.47. The number of aliphatic hydroxyl groups excluding tert-OH is 1. The van der Waals surface area contributed by atoms with Crippen LogP contribution in [0.2, 0.25) is 0 Å². The Morgan fingerprint density at radius 3 is 2.71 bits per heavy atom. The molecule has 2 aliphatic rings. The van der Waals surface area contributed by atoms with E-state index >= 15 is 0 Å². The summed E-state index contributed by atoms with van der Waals surface area (Å²) in [5.41, 5.74) is 3.42. The molecule has 10 heteroatoms. The Bertz CT molecular complexity index is 952. The maximum absolute atomic E-state index is 13.5. The van der Waals surface area contributed by atoms with E-state index < -0.39 is 34.7 Å². The van der Waals surface area contributed by atoms with Crippen molar-refractivity contribution in [2.45, 2.75) is 43.2 Å². The van der Waals surface area contributed by atoms with E-state index in [-0.39, 0.29) is 24.0 Å². The fraction of sp³-hybridized carbons (Fsp3) is 0.458. The zero-order valence-electron chi connectivity index (χ0n) is 19.7. The molecule has 3 N–H and O–H groups in total. The SMILES string of the molecule is C=CCN(C)C(=O)[C@H]1N(C(=O)[C@@H](O)C(Cc2ccccc2)NC(=O)C2=CCNO2)CSC1(C)C. The van der Waals surface area contributed by atoms with Gasteiger partial charge in [-0.15, -0.1) is 18.3 Å². The van der Waals surface area contributed by atoms with Gasteiger partial charge in [0.05, 0.1) is 18.5 Å². The number of thioether (sulfide) groups is 1. The predicted molar refractivity (Wildman–Crippen MR) is 130 cm³/mol. The molecule has 1 saturated heterocycles. The van der Waals surface area contributed by atoms with Crippen LogP contribution in [0.4, 0.5) is 0 Å². The molecule has 3 amide bonds. The molecule has 0 spiro atoms. The van der Waals surface area contributed by atoms with Gasteiger partial charge in [0.15, 0.2) is 6.10 Å². The molecule has 1 aromatic rings. The van der Waals surface area contributed by atoms with Gasteiger partial charge >= 0.3 is 0 Å². The lowest BCUT2D eigenvalue weighted by Crippen LogP contribution is -2.59. The molecule has 1 aromatic carbocycles. The van der Waals surface area contributed by atoms with E-state index in [2.05, 4.69) is 17.4 Å². The van der Waals surface area contributed by atoms with Gasteiger partial charge in [0.1, 0.15) is 6.04 Å². The Balaban J connectivity index is 1.83. The standard InChI is InChI=1S/C24H32N4O5S/c1-5-13-27(4)23(32)20-24(2,3)34-15-28(20)22(31)19(29)17(14-16-9-7-6-8-10-16)26-21(30)18-11-12-25-33-18/h5-11,17,19-20,25,29H,1,12-15H2,2-4H3,(H,26,30)/t17?,19-,20+/m0/s1. The van der Waals surface area contributed by atoms with Gasteiger partial charge in [-0.3, -0.25) is 14.4 Å². The van der Waals surface area contributed by atoms with Crippen molar-refractivity contribution in [3.8, 4) is 0 Å². The molecule has 2 aliphatic heterocycles. The lowest BCUT2D eigenvalue weighted by Gasteiger charge is -2.35. The number of hydrogen-bond acceptors (Lipinski definition) is 7. The molecule has 2 heterocycles. The van der Waals surface area contributed by atoms with Gasteiger partial charge in [0.25, 0.3) is 11.8 Å². The van der Waals surface area contributed by atoms with Gasteiger partial charge in [-0.1, -0.05) is 36.4 Å². The van der Waals surface area contributed by atoms with Crippen molar-refractivity contribution in [2.75, 3.05) is 26.0 Å². The van der Waals surface area contributed by atoms with Crippen LogP contribution in [-0.4, -0.2) is 81.6 Å². The second-order valence-electron chi connectivity index (χ2n) is 8.83. The molecule has 0 aliphatic carbocycles. The molecule has 184 valence electrons. The number of rotatable bonds is 9. The van der Waals surface area contributed by atoms with E-state index in [4.69, 9.17) is 4.84 Å². The first-order valence-corrected chi connectivity index (χ1v) is 12.1. The van der Waals surface area contributed by atoms with Crippen LogP contribution < -0.4 is 10.8 Å². The maximum atomic E-state index is 13.5. The highest BCUT2D eigenvalue weighted by Gasteiger charge is 2.50. The summed E-state index contributed by atoms with van der Waals surface area (Å²) in [5.74, 6) is -1.04. The number of hydrogen-bond donors (Lipinski definition) is 3. The minimum absolute atomic E-state index is 0.0784. The Labute approximate surface area is 204 Å². The number of likely N-dealkylation sites (N-methyl/N-ethyl adjacent to an activating group) is 1. The van der Waals surface area contributed by atoms with Crippen LogP contribution in [0.5, 0.6) is 0 Å². The van der Waals surface area contributed by atoms with Gasteiger partial charge in [0.2, 0.25) is 11.7 Å². The number of nitrogens with zero attached hydrogens (tertiary/aromatic N) is 2. The molecule has 1 fully saturated rings. The van der Waals surface area contributed by atoms with Crippen molar-refractivity contribution in [3.63, 3.8) is 0 Å². The van der Waals surface area contributed by atoms with Gasteiger partial charge in [-0.25, -0.2) is 0 Å². The van der Waals surface area contributed by atoms with Gasteiger partial charge in [0, 0.05) is 18.3 Å². The zero-order valence-corrected chi connectivity index (χ0v) is 20.5. The van der Waals surface area contributed by atoms with Gasteiger partial charge in [-0.2, -0.15) is 5.48 Å². The second-order valence-corrected chi connectivity index (χ2v) is 10.4. The van der Waals surface area contributed by atoms with Crippen LogP contribution in [0.15, 0.2) is 54.8 Å². The quantitative estimate of drug-likeness (QED) is 0.441. The fourth-order valence-corrected chi connectivity index (χ4v) is 5.14. The number of carbonyl (C=O) groups is 3. The molecular weight excluding hydrogens is 456 g/mol. The molecule has 0 radical (unpaired) electrons. The van der Waals surface area contributed by atoms with Crippen LogP contribution in [0, 0.1) is 0 Å². The molecule has 0 saturated carbocycles. The van der Waals surface area contributed by atoms with Gasteiger partial charge < -0.3 is 25.1 Å². The minimum Gasteiger partial charge on any atom is -0.403 e. The van der Waals surface area contributed by atoms with Crippen molar-refractivity contribution in [1.82, 2.24) is 20.6 Å². The monoisotopic (exact) mass is 488 g/mol. The first kappa shape index (κ1) is 25.8. The lowest BCUT2D eigenvalue weighted by molar-refractivity contribution is -0.150. The van der Waals surface area contributed by atoms with Crippen molar-refractivity contribution < 1.29 is 24.3 Å². The summed E-state index contributed by atoms with van der Waals surface area (Å²) in [7, 11) is 1.66. The highest BCUT2D eigenvalue weighted by molar-refractivity contribution is 8.00. The molecular formula is C24H32N4O5S. The Morgan fingerprint density at radius 1 is 1.38 bits per heavy atom. The zero-order chi connectivity index (χ0) is 24.9. The van der Waals surface area contributed by atoms with Crippen molar-refractivity contribution in [3.05, 3.63) is 60.4 Å². The van der Waals surface area contributed by atoms with Crippen LogP contribution in [0.25, 0.3) is 0 Å². The summed E-state index contributed by atoms with van der Waals surface area (Å²) in [6.45, 7) is 8.21. The largest absolute Gasteiger partial charge is 0.403 e. The fourth-order valence-electron chi connectivity index (χ4n) is 4.00. The summed E-state index contributed by atoms with van der Waals surface area (Å²) in [5, 5.41) is 13.9. The number of hydroxylamine groups is 1. The van der Waals surface area contributed by atoms with Gasteiger partial charge in [-0.05, 0) is 31.9 Å². The molecule has 0 aromatic heterocycles. The smallest absolute Gasteiger partial charge is 0.289 e. The van der Waals surface area contributed by atoms with Crippen molar-refractivity contribution in [2.24, 2.45) is 0 Å². The third-order valence-corrected chi connectivity index (χ3v) is 7.24. The number of carbonyl (C=O) groups excluding carboxylic acids is 3. The van der Waals surface area contributed by atoms with Crippen molar-refractivity contribution in [1.29, 1.82) is 0 Å². The van der Waals surface area contributed by atoms with Crippen LogP contribution in [-0.2, 0) is 25.6 Å². The summed E-state index contributed by atoms with van der Waals surface area (Å²) in [6, 6.07) is 7.58. The Hall–Kier alpha value is -2.82. The first-order valence-electron chi connectivity index (χ1n) is 11.1. The van der Waals surface area contributed by atoms with Crippen LogP contribution in [0.1, 0.15) is 19.4 Å². The third-order valence-electron chi connectivity index (χ3n) is 5.87. The average molecular weight is 489 g/mol. The Morgan fingerprint density at radius 2 is 2.09 bits per heavy atom. The van der Waals surface area contributed by atoms with E-state index in [1.807, 2.05) is 44.2 Å². The molecule has 34 heavy (non-hydrogen) atoms. The highest BCUT2D eigenvalue weighted by atomic mass is 32.2. The van der Waals surface area contributed by atoms with Crippen molar-refractivity contribution >= 4 is 29.5 Å². The Kier molecular flexibility index (Phi) is 8.40. The molecule has 9 nitrogen and oxygen atoms in total. The van der Waals surface area contributed by atoms with E-state index in [1.165, 1.54) is 21.6 Å². The summed E-state index contributed by atoms with van der Waals surface area (Å²) < 4.78 is -0.547. The minimum atomic E-state index is -1.56. The van der Waals surface area contributed by atoms with Crippen LogP contribution >= 0.6 is 11.8 Å². The highest BCUT2D eigenvalue weighted by Crippen LogP contribution is 2.40. The molecule has 3 rings (SSSR count). The number of amides is 3. The predicted octanol–water partition coefficient (Wildman–Crippen LogP) is 0.818. The molecule has 1 unspecified atom stereocenters. The summed E-state index contributed by atoms with van der Waals surface area (Å²) in [4.78, 5) is 47.4. The first-order chi connectivity index (χ1) is 16.2. The van der Waals surface area contributed by atoms with E-state index in [0.717, 1.165) is 5.56 Å². The normalized spacial score (nSPS) is 20.6. The summed E-state index contributed by atoms with van der Waals surface area (Å²) in [6.07, 6.45) is 1.86. The van der Waals surface area contributed by atoms with E-state index in [9.17, 15) is 19.5 Å². The van der Waals surface area contributed by atoms with Crippen LogP contribution in [0.3, 0.4) is 0 Å². The number of nitrogens with one attached hydrogen (secondary N) is 2. The number of benzene rings is 1. The van der Waals surface area contributed by atoms with E-state index in [0.29, 0.717) is 13.1 Å². The molecule has 0 bridgehead atoms.